The molecule has 1 unspecified atom stereocenters. The van der Waals surface area contributed by atoms with Gasteiger partial charge in [0.15, 0.2) is 0 Å². The van der Waals surface area contributed by atoms with Crippen LogP contribution in [-0.2, 0) is 6.42 Å². The van der Waals surface area contributed by atoms with Gasteiger partial charge in [0, 0.05) is 11.8 Å². The zero-order chi connectivity index (χ0) is 10.8. The summed E-state index contributed by atoms with van der Waals surface area (Å²) in [6.45, 7) is 4.00. The van der Waals surface area contributed by atoms with Crippen LogP contribution in [0.1, 0.15) is 28.1 Å². The van der Waals surface area contributed by atoms with Gasteiger partial charge in [0.2, 0.25) is 0 Å². The minimum atomic E-state index is -0.0958. The van der Waals surface area contributed by atoms with Crippen LogP contribution in [0.25, 0.3) is 0 Å². The van der Waals surface area contributed by atoms with Gasteiger partial charge in [-0.25, -0.2) is 4.98 Å². The number of aryl methyl sites for hydroxylation is 2. The minimum absolute atomic E-state index is 0.0958. The van der Waals surface area contributed by atoms with E-state index in [0.717, 1.165) is 28.4 Å². The molecule has 0 amide bonds. The van der Waals surface area contributed by atoms with Gasteiger partial charge in [-0.2, -0.15) is 0 Å². The Hall–Kier alpha value is -1.13. The lowest BCUT2D eigenvalue weighted by Gasteiger charge is -2.07. The van der Waals surface area contributed by atoms with E-state index >= 15 is 0 Å². The van der Waals surface area contributed by atoms with E-state index in [1.807, 2.05) is 25.3 Å². The van der Waals surface area contributed by atoms with Gasteiger partial charge in [-0.3, -0.25) is 0 Å². The number of furan rings is 1. The van der Waals surface area contributed by atoms with Crippen LogP contribution >= 0.6 is 11.3 Å². The maximum Gasteiger partial charge on any atom is 0.123 e. The van der Waals surface area contributed by atoms with Crippen molar-refractivity contribution >= 4 is 11.3 Å². The molecule has 3 nitrogen and oxygen atoms in total. The third kappa shape index (κ3) is 2.27. The third-order valence-electron chi connectivity index (χ3n) is 2.33. The number of hydrogen-bond donors (Lipinski definition) is 1. The lowest BCUT2D eigenvalue weighted by Crippen LogP contribution is -2.13. The second-order valence-corrected chi connectivity index (χ2v) is 4.70. The first-order chi connectivity index (χ1) is 7.16. The quantitative estimate of drug-likeness (QED) is 0.868. The van der Waals surface area contributed by atoms with Crippen molar-refractivity contribution in [1.82, 2.24) is 4.98 Å². The van der Waals surface area contributed by atoms with E-state index in [1.54, 1.807) is 17.6 Å². The molecule has 15 heavy (non-hydrogen) atoms. The topological polar surface area (TPSA) is 52.0 Å². The predicted molar refractivity (Wildman–Crippen MR) is 60.9 cm³/mol. The fraction of sp³-hybridized carbons (Fsp3) is 0.364. The average Bonchev–Trinajstić information content (AvgIpc) is 2.75. The second-order valence-electron chi connectivity index (χ2n) is 3.64. The summed E-state index contributed by atoms with van der Waals surface area (Å²) >= 11 is 1.65. The van der Waals surface area contributed by atoms with Crippen molar-refractivity contribution in [1.29, 1.82) is 0 Å². The molecule has 2 aromatic rings. The molecule has 4 heteroatoms. The normalized spacial score (nSPS) is 13.0. The number of nitrogens with two attached hydrogens (primary N) is 1. The zero-order valence-electron chi connectivity index (χ0n) is 8.86. The molecule has 1 atom stereocenters. The molecular weight excluding hydrogens is 208 g/mol. The zero-order valence-corrected chi connectivity index (χ0v) is 9.67. The summed E-state index contributed by atoms with van der Waals surface area (Å²) in [5, 5.41) is 3.13. The number of rotatable bonds is 3. The summed E-state index contributed by atoms with van der Waals surface area (Å²) in [5.74, 6) is 0.862. The van der Waals surface area contributed by atoms with Crippen molar-refractivity contribution in [2.45, 2.75) is 26.3 Å². The molecule has 0 saturated heterocycles. The molecule has 0 aliphatic rings. The van der Waals surface area contributed by atoms with Crippen LogP contribution in [0.5, 0.6) is 0 Å². The van der Waals surface area contributed by atoms with Crippen molar-refractivity contribution in [3.05, 3.63) is 39.7 Å². The highest BCUT2D eigenvalue weighted by Gasteiger charge is 2.14. The molecule has 2 rings (SSSR count). The minimum Gasteiger partial charge on any atom is -0.467 e. The molecule has 2 N–H and O–H groups in total. The van der Waals surface area contributed by atoms with Crippen molar-refractivity contribution in [3.63, 3.8) is 0 Å². The standard InChI is InChI=1S/C11H14N2OS/c1-7-3-4-14-11(7)10(12)5-9-6-15-8(2)13-9/h3-4,6,10H,5,12H2,1-2H3. The van der Waals surface area contributed by atoms with Gasteiger partial charge in [0.05, 0.1) is 23.0 Å². The molecule has 2 aromatic heterocycles. The molecule has 0 saturated carbocycles. The maximum absolute atomic E-state index is 6.05. The first kappa shape index (κ1) is 10.4. The monoisotopic (exact) mass is 222 g/mol. The highest BCUT2D eigenvalue weighted by molar-refractivity contribution is 7.09. The fourth-order valence-corrected chi connectivity index (χ4v) is 2.21. The molecule has 80 valence electrons. The van der Waals surface area contributed by atoms with Crippen LogP contribution in [0, 0.1) is 13.8 Å². The van der Waals surface area contributed by atoms with Gasteiger partial charge in [-0.1, -0.05) is 0 Å². The lowest BCUT2D eigenvalue weighted by atomic mass is 10.1. The van der Waals surface area contributed by atoms with E-state index in [0.29, 0.717) is 0 Å². The molecule has 0 bridgehead atoms. The molecule has 0 aliphatic carbocycles. The molecule has 0 radical (unpaired) electrons. The summed E-state index contributed by atoms with van der Waals surface area (Å²) in [6.07, 6.45) is 2.41. The van der Waals surface area contributed by atoms with Crippen LogP contribution in [0.15, 0.2) is 22.1 Å². The lowest BCUT2D eigenvalue weighted by molar-refractivity contribution is 0.460. The first-order valence-electron chi connectivity index (χ1n) is 4.87. The van der Waals surface area contributed by atoms with Crippen molar-refractivity contribution in [3.8, 4) is 0 Å². The van der Waals surface area contributed by atoms with Gasteiger partial charge in [0.1, 0.15) is 5.76 Å². The number of thiazole rings is 1. The van der Waals surface area contributed by atoms with Gasteiger partial charge in [-0.15, -0.1) is 11.3 Å². The van der Waals surface area contributed by atoms with E-state index in [-0.39, 0.29) is 6.04 Å². The summed E-state index contributed by atoms with van der Waals surface area (Å²) in [5.41, 5.74) is 8.20. The Morgan fingerprint density at radius 1 is 1.53 bits per heavy atom. The summed E-state index contributed by atoms with van der Waals surface area (Å²) < 4.78 is 5.36. The van der Waals surface area contributed by atoms with E-state index < -0.39 is 0 Å². The summed E-state index contributed by atoms with van der Waals surface area (Å²) in [7, 11) is 0. The van der Waals surface area contributed by atoms with Gasteiger partial charge >= 0.3 is 0 Å². The maximum atomic E-state index is 6.05. The van der Waals surface area contributed by atoms with Crippen molar-refractivity contribution in [2.75, 3.05) is 0 Å². The Morgan fingerprint density at radius 3 is 2.87 bits per heavy atom. The molecule has 0 aromatic carbocycles. The number of nitrogens with zero attached hydrogens (tertiary/aromatic N) is 1. The molecule has 0 aliphatic heterocycles. The van der Waals surface area contributed by atoms with E-state index in [1.165, 1.54) is 0 Å². The fourth-order valence-electron chi connectivity index (χ4n) is 1.58. The Kier molecular flexibility index (Phi) is 2.88. The summed E-state index contributed by atoms with van der Waals surface area (Å²) in [4.78, 5) is 4.39. The van der Waals surface area contributed by atoms with Crippen molar-refractivity contribution in [2.24, 2.45) is 5.73 Å². The average molecular weight is 222 g/mol. The Morgan fingerprint density at radius 2 is 2.33 bits per heavy atom. The summed E-state index contributed by atoms with van der Waals surface area (Å²) in [6, 6.07) is 1.84. The largest absolute Gasteiger partial charge is 0.467 e. The van der Waals surface area contributed by atoms with Crippen LogP contribution in [-0.4, -0.2) is 4.98 Å². The second kappa shape index (κ2) is 4.16. The Balaban J connectivity index is 2.10. The van der Waals surface area contributed by atoms with E-state index in [9.17, 15) is 0 Å². The molecule has 2 heterocycles. The smallest absolute Gasteiger partial charge is 0.123 e. The Bertz CT molecular complexity index is 447. The van der Waals surface area contributed by atoms with Gasteiger partial charge < -0.3 is 10.2 Å². The third-order valence-corrected chi connectivity index (χ3v) is 3.16. The number of aromatic nitrogens is 1. The van der Waals surface area contributed by atoms with Crippen LogP contribution in [0.3, 0.4) is 0 Å². The highest BCUT2D eigenvalue weighted by Crippen LogP contribution is 2.21. The van der Waals surface area contributed by atoms with Gasteiger partial charge in [0.25, 0.3) is 0 Å². The van der Waals surface area contributed by atoms with Crippen LogP contribution < -0.4 is 5.73 Å². The van der Waals surface area contributed by atoms with Crippen LogP contribution in [0.4, 0.5) is 0 Å². The van der Waals surface area contributed by atoms with Gasteiger partial charge in [-0.05, 0) is 25.5 Å². The van der Waals surface area contributed by atoms with E-state index in [4.69, 9.17) is 10.2 Å². The SMILES string of the molecule is Cc1nc(CC(N)c2occc2C)cs1. The molecule has 0 spiro atoms. The van der Waals surface area contributed by atoms with Crippen LogP contribution in [0.2, 0.25) is 0 Å². The molecule has 0 fully saturated rings. The Labute approximate surface area is 92.9 Å². The highest BCUT2D eigenvalue weighted by atomic mass is 32.1. The first-order valence-corrected chi connectivity index (χ1v) is 5.75. The predicted octanol–water partition coefficient (Wildman–Crippen LogP) is 2.60. The molecular formula is C11H14N2OS. The number of hydrogen-bond acceptors (Lipinski definition) is 4. The van der Waals surface area contributed by atoms with Crippen molar-refractivity contribution < 1.29 is 4.42 Å². The van der Waals surface area contributed by atoms with E-state index in [2.05, 4.69) is 4.98 Å².